The molecule has 0 atom stereocenters. The number of nitrogens with zero attached hydrogens (tertiary/aromatic N) is 2. The van der Waals surface area contributed by atoms with Crippen LogP contribution in [-0.4, -0.2) is 39.4 Å². The lowest BCUT2D eigenvalue weighted by atomic mass is 10.3. The zero-order valence-corrected chi connectivity index (χ0v) is 9.20. The van der Waals surface area contributed by atoms with Crippen LogP contribution in [0.2, 0.25) is 5.15 Å². The van der Waals surface area contributed by atoms with Gasteiger partial charge in [0.2, 0.25) is 0 Å². The van der Waals surface area contributed by atoms with Crippen LogP contribution in [0.25, 0.3) is 0 Å². The summed E-state index contributed by atoms with van der Waals surface area (Å²) >= 11 is 5.78. The van der Waals surface area contributed by atoms with E-state index in [9.17, 15) is 0 Å². The Bertz CT molecular complexity index is 318. The first-order valence-electron chi connectivity index (χ1n) is 4.71. The molecule has 0 saturated carbocycles. The summed E-state index contributed by atoms with van der Waals surface area (Å²) in [5.74, 6) is 1.14. The normalized spacial score (nSPS) is 10.7. The molecule has 6 heteroatoms. The molecule has 0 aliphatic carbocycles. The number of hydrogen-bond acceptors (Lipinski definition) is 5. The van der Waals surface area contributed by atoms with Gasteiger partial charge in [0.05, 0.1) is 19.3 Å². The number of aliphatic hydroxyl groups excluding tert-OH is 2. The van der Waals surface area contributed by atoms with E-state index in [1.807, 2.05) is 6.92 Å². The molecule has 3 N–H and O–H groups in total. The number of nitrogens with one attached hydrogen (secondary N) is 1. The Kier molecular flexibility index (Phi) is 4.74. The molecule has 0 aliphatic rings. The molecule has 0 spiro atoms. The fraction of sp³-hybridized carbons (Fsp3) is 0.556. The Morgan fingerprint density at radius 2 is 2.07 bits per heavy atom. The van der Waals surface area contributed by atoms with Crippen LogP contribution in [0.4, 0.5) is 5.82 Å². The molecule has 0 aromatic carbocycles. The molecule has 1 rings (SSSR count). The Hall–Kier alpha value is -0.910. The van der Waals surface area contributed by atoms with E-state index in [0.717, 1.165) is 0 Å². The third kappa shape index (κ3) is 3.62. The van der Waals surface area contributed by atoms with Crippen molar-refractivity contribution in [3.05, 3.63) is 17.0 Å². The standard InChI is InChI=1S/C9H14ClN3O2/c1-2-8-12-7(10)3-9(13-8)11-6(4-14)5-15/h3,6,14-15H,2,4-5H2,1H3,(H,11,12,13). The van der Waals surface area contributed by atoms with Crippen LogP contribution in [0.3, 0.4) is 0 Å². The lowest BCUT2D eigenvalue weighted by Crippen LogP contribution is -2.28. The topological polar surface area (TPSA) is 78.3 Å². The van der Waals surface area contributed by atoms with Gasteiger partial charge in [0, 0.05) is 12.5 Å². The first kappa shape index (κ1) is 12.2. The van der Waals surface area contributed by atoms with Gasteiger partial charge in [0.1, 0.15) is 16.8 Å². The maximum absolute atomic E-state index is 8.88. The second kappa shape index (κ2) is 5.85. The first-order valence-corrected chi connectivity index (χ1v) is 5.09. The summed E-state index contributed by atoms with van der Waals surface area (Å²) in [6.45, 7) is 1.59. The van der Waals surface area contributed by atoms with Crippen LogP contribution in [0.1, 0.15) is 12.7 Å². The molecule has 0 aliphatic heterocycles. The summed E-state index contributed by atoms with van der Waals surface area (Å²) in [5, 5.41) is 21.0. The molecular weight excluding hydrogens is 218 g/mol. The van der Waals surface area contributed by atoms with E-state index in [0.29, 0.717) is 23.2 Å². The summed E-state index contributed by atoms with van der Waals surface area (Å²) in [5.41, 5.74) is 0. The minimum absolute atomic E-state index is 0.167. The smallest absolute Gasteiger partial charge is 0.134 e. The fourth-order valence-corrected chi connectivity index (χ4v) is 1.26. The van der Waals surface area contributed by atoms with Crippen molar-refractivity contribution in [2.75, 3.05) is 18.5 Å². The van der Waals surface area contributed by atoms with E-state index < -0.39 is 6.04 Å². The highest BCUT2D eigenvalue weighted by Crippen LogP contribution is 2.12. The largest absolute Gasteiger partial charge is 0.394 e. The zero-order chi connectivity index (χ0) is 11.3. The molecule has 15 heavy (non-hydrogen) atoms. The highest BCUT2D eigenvalue weighted by atomic mass is 35.5. The number of rotatable bonds is 5. The molecular formula is C9H14ClN3O2. The van der Waals surface area contributed by atoms with E-state index in [2.05, 4.69) is 15.3 Å². The molecule has 1 aromatic rings. The Labute approximate surface area is 93.1 Å². The predicted octanol–water partition coefficient (Wildman–Crippen LogP) is 0.457. The number of aliphatic hydroxyl groups is 2. The molecule has 0 amide bonds. The Balaban J connectivity index is 2.79. The third-order valence-electron chi connectivity index (χ3n) is 1.85. The van der Waals surface area contributed by atoms with E-state index >= 15 is 0 Å². The molecule has 84 valence electrons. The Morgan fingerprint density at radius 3 is 2.60 bits per heavy atom. The predicted molar refractivity (Wildman–Crippen MR) is 58.0 cm³/mol. The highest BCUT2D eigenvalue weighted by Gasteiger charge is 2.08. The molecule has 0 fully saturated rings. The van der Waals surface area contributed by atoms with E-state index in [4.69, 9.17) is 21.8 Å². The first-order chi connectivity index (χ1) is 7.19. The number of anilines is 1. The van der Waals surface area contributed by atoms with Crippen molar-refractivity contribution in [1.29, 1.82) is 0 Å². The lowest BCUT2D eigenvalue weighted by molar-refractivity contribution is 0.203. The summed E-state index contributed by atoms with van der Waals surface area (Å²) in [7, 11) is 0. The molecule has 0 radical (unpaired) electrons. The second-order valence-electron chi connectivity index (χ2n) is 3.05. The summed E-state index contributed by atoms with van der Waals surface area (Å²) in [4.78, 5) is 8.16. The van der Waals surface area contributed by atoms with Crippen molar-refractivity contribution in [3.8, 4) is 0 Å². The van der Waals surface area contributed by atoms with Crippen molar-refractivity contribution >= 4 is 17.4 Å². The van der Waals surface area contributed by atoms with Gasteiger partial charge in [-0.25, -0.2) is 9.97 Å². The zero-order valence-electron chi connectivity index (χ0n) is 8.44. The minimum Gasteiger partial charge on any atom is -0.394 e. The summed E-state index contributed by atoms with van der Waals surface area (Å²) in [6.07, 6.45) is 0.679. The van der Waals surface area contributed by atoms with Gasteiger partial charge in [0.25, 0.3) is 0 Å². The monoisotopic (exact) mass is 231 g/mol. The summed E-state index contributed by atoms with van der Waals surface area (Å²) < 4.78 is 0. The van der Waals surface area contributed by atoms with Crippen molar-refractivity contribution in [3.63, 3.8) is 0 Å². The maximum atomic E-state index is 8.88. The molecule has 0 unspecified atom stereocenters. The van der Waals surface area contributed by atoms with Gasteiger partial charge in [-0.05, 0) is 0 Å². The van der Waals surface area contributed by atoms with E-state index in [1.54, 1.807) is 6.07 Å². The van der Waals surface area contributed by atoms with Crippen molar-refractivity contribution in [2.45, 2.75) is 19.4 Å². The van der Waals surface area contributed by atoms with Crippen LogP contribution in [0.5, 0.6) is 0 Å². The van der Waals surface area contributed by atoms with Gasteiger partial charge in [-0.2, -0.15) is 0 Å². The molecule has 1 heterocycles. The van der Waals surface area contributed by atoms with Gasteiger partial charge in [0.15, 0.2) is 0 Å². The Morgan fingerprint density at radius 1 is 1.40 bits per heavy atom. The number of aryl methyl sites for hydroxylation is 1. The summed E-state index contributed by atoms with van der Waals surface area (Å²) in [6, 6.07) is 1.12. The van der Waals surface area contributed by atoms with Crippen molar-refractivity contribution < 1.29 is 10.2 Å². The van der Waals surface area contributed by atoms with Crippen LogP contribution in [0, 0.1) is 0 Å². The number of hydrogen-bond donors (Lipinski definition) is 3. The van der Waals surface area contributed by atoms with Crippen LogP contribution < -0.4 is 5.32 Å². The van der Waals surface area contributed by atoms with Gasteiger partial charge >= 0.3 is 0 Å². The molecule has 5 nitrogen and oxygen atoms in total. The lowest BCUT2D eigenvalue weighted by Gasteiger charge is -2.14. The fourth-order valence-electron chi connectivity index (χ4n) is 1.05. The number of aromatic nitrogens is 2. The van der Waals surface area contributed by atoms with Gasteiger partial charge in [-0.1, -0.05) is 18.5 Å². The quantitative estimate of drug-likeness (QED) is 0.642. The second-order valence-corrected chi connectivity index (χ2v) is 3.44. The van der Waals surface area contributed by atoms with Crippen molar-refractivity contribution in [2.24, 2.45) is 0 Å². The number of halogens is 1. The average molecular weight is 232 g/mol. The van der Waals surface area contributed by atoms with Crippen LogP contribution in [-0.2, 0) is 6.42 Å². The molecule has 1 aromatic heterocycles. The van der Waals surface area contributed by atoms with Crippen molar-refractivity contribution in [1.82, 2.24) is 9.97 Å². The molecule has 0 saturated heterocycles. The van der Waals surface area contributed by atoms with Crippen LogP contribution >= 0.6 is 11.6 Å². The van der Waals surface area contributed by atoms with Gasteiger partial charge < -0.3 is 15.5 Å². The van der Waals surface area contributed by atoms with Gasteiger partial charge in [-0.3, -0.25) is 0 Å². The minimum atomic E-state index is -0.430. The maximum Gasteiger partial charge on any atom is 0.134 e. The van der Waals surface area contributed by atoms with Crippen LogP contribution in [0.15, 0.2) is 6.07 Å². The van der Waals surface area contributed by atoms with Gasteiger partial charge in [-0.15, -0.1) is 0 Å². The van der Waals surface area contributed by atoms with E-state index in [1.165, 1.54) is 0 Å². The average Bonchev–Trinajstić information content (AvgIpc) is 2.25. The highest BCUT2D eigenvalue weighted by molar-refractivity contribution is 6.29. The van der Waals surface area contributed by atoms with E-state index in [-0.39, 0.29) is 13.2 Å². The SMILES string of the molecule is CCc1nc(Cl)cc(NC(CO)CO)n1. The third-order valence-corrected chi connectivity index (χ3v) is 2.04. The molecule has 0 bridgehead atoms.